The van der Waals surface area contributed by atoms with Gasteiger partial charge >= 0.3 is 5.97 Å². The molecule has 1 aliphatic carbocycles. The number of hydrogen-bond acceptors (Lipinski definition) is 2. The van der Waals surface area contributed by atoms with Gasteiger partial charge < -0.3 is 9.72 Å². The Morgan fingerprint density at radius 3 is 2.91 bits per heavy atom. The summed E-state index contributed by atoms with van der Waals surface area (Å²) in [5.41, 5.74) is 5.49. The van der Waals surface area contributed by atoms with E-state index in [1.54, 1.807) is 0 Å². The molecule has 1 atom stereocenters. The first-order valence-electron chi connectivity index (χ1n) is 7.16. The molecule has 3 nitrogen and oxygen atoms in total. The number of nitrogens with one attached hydrogen (secondary N) is 1. The predicted molar refractivity (Wildman–Crippen MR) is 89.9 cm³/mol. The molecule has 1 N–H and O–H groups in total. The van der Waals surface area contributed by atoms with E-state index < -0.39 is 0 Å². The fourth-order valence-electron chi connectivity index (χ4n) is 3.36. The van der Waals surface area contributed by atoms with Gasteiger partial charge in [0.25, 0.3) is 0 Å². The van der Waals surface area contributed by atoms with E-state index in [4.69, 9.17) is 4.74 Å². The summed E-state index contributed by atoms with van der Waals surface area (Å²) >= 11 is 3.53. The quantitative estimate of drug-likeness (QED) is 0.657. The van der Waals surface area contributed by atoms with E-state index in [1.807, 2.05) is 24.3 Å². The molecule has 2 aromatic carbocycles. The molecular weight excluding hydrogens is 342 g/mol. The van der Waals surface area contributed by atoms with Crippen LogP contribution in [0.2, 0.25) is 0 Å². The molecule has 1 heterocycles. The first kappa shape index (κ1) is 13.6. The van der Waals surface area contributed by atoms with Gasteiger partial charge in [-0.15, -0.1) is 0 Å². The maximum atomic E-state index is 12.2. The predicted octanol–water partition coefficient (Wildman–Crippen LogP) is 4.41. The first-order valence-corrected chi connectivity index (χ1v) is 7.95. The highest BCUT2D eigenvalue weighted by molar-refractivity contribution is 9.10. The van der Waals surface area contributed by atoms with Gasteiger partial charge in [-0.1, -0.05) is 40.2 Å². The molecule has 1 unspecified atom stereocenters. The molecule has 0 amide bonds. The van der Waals surface area contributed by atoms with Gasteiger partial charge in [-0.2, -0.15) is 0 Å². The van der Waals surface area contributed by atoms with Gasteiger partial charge in [-0.3, -0.25) is 4.79 Å². The Bertz CT molecular complexity index is 897. The Morgan fingerprint density at radius 2 is 2.09 bits per heavy atom. The third-order valence-electron chi connectivity index (χ3n) is 4.37. The van der Waals surface area contributed by atoms with Crippen molar-refractivity contribution in [2.24, 2.45) is 0 Å². The van der Waals surface area contributed by atoms with Crippen molar-refractivity contribution in [1.29, 1.82) is 0 Å². The fraction of sp³-hybridized carbons (Fsp3) is 0.167. The number of esters is 1. The number of aromatic nitrogens is 1. The summed E-state index contributed by atoms with van der Waals surface area (Å²) in [4.78, 5) is 15.7. The van der Waals surface area contributed by atoms with E-state index in [1.165, 1.54) is 18.1 Å². The maximum Gasteiger partial charge on any atom is 0.313 e. The van der Waals surface area contributed by atoms with Crippen LogP contribution in [-0.4, -0.2) is 18.1 Å². The summed E-state index contributed by atoms with van der Waals surface area (Å²) in [6, 6.07) is 14.3. The van der Waals surface area contributed by atoms with Crippen molar-refractivity contribution in [1.82, 2.24) is 4.98 Å². The minimum Gasteiger partial charge on any atom is -0.469 e. The molecule has 0 saturated heterocycles. The molecule has 3 aromatic rings. The van der Waals surface area contributed by atoms with Crippen molar-refractivity contribution in [2.75, 3.05) is 7.11 Å². The summed E-state index contributed by atoms with van der Waals surface area (Å²) in [6.45, 7) is 0. The number of para-hydroxylation sites is 1. The van der Waals surface area contributed by atoms with Gasteiger partial charge in [0.05, 0.1) is 18.7 Å². The van der Waals surface area contributed by atoms with Crippen LogP contribution < -0.4 is 0 Å². The largest absolute Gasteiger partial charge is 0.469 e. The van der Waals surface area contributed by atoms with E-state index in [-0.39, 0.29) is 11.9 Å². The molecule has 1 aromatic heterocycles. The Hall–Kier alpha value is -2.07. The molecule has 22 heavy (non-hydrogen) atoms. The summed E-state index contributed by atoms with van der Waals surface area (Å²) in [6.07, 6.45) is 0.667. The summed E-state index contributed by atoms with van der Waals surface area (Å²) in [5, 5.41) is 1.18. The fourth-order valence-corrected chi connectivity index (χ4v) is 3.72. The molecule has 0 saturated carbocycles. The standard InChI is InChI=1S/C18H14BrNO2/c1-22-18(21)15-9-14-12-4-2-3-5-16(12)20-17(14)13-8-10(19)6-7-11(13)15/h2-8,15,20H,9H2,1H3. The SMILES string of the molecule is COC(=O)C1Cc2c([nH]c3ccccc23)-c2cc(Br)ccc21. The minimum atomic E-state index is -0.250. The van der Waals surface area contributed by atoms with Crippen molar-refractivity contribution in [3.63, 3.8) is 0 Å². The van der Waals surface area contributed by atoms with Gasteiger partial charge in [-0.05, 0) is 35.7 Å². The number of benzene rings is 2. The van der Waals surface area contributed by atoms with Crippen LogP contribution in [0.1, 0.15) is 17.0 Å². The third kappa shape index (κ3) is 1.91. The van der Waals surface area contributed by atoms with Gasteiger partial charge in [0, 0.05) is 20.9 Å². The molecule has 0 aliphatic heterocycles. The highest BCUT2D eigenvalue weighted by Crippen LogP contribution is 2.43. The monoisotopic (exact) mass is 355 g/mol. The van der Waals surface area contributed by atoms with E-state index in [0.717, 1.165) is 26.8 Å². The van der Waals surface area contributed by atoms with Gasteiger partial charge in [0.15, 0.2) is 0 Å². The van der Waals surface area contributed by atoms with Crippen molar-refractivity contribution < 1.29 is 9.53 Å². The van der Waals surface area contributed by atoms with Crippen molar-refractivity contribution in [3.05, 3.63) is 58.1 Å². The van der Waals surface area contributed by atoms with E-state index in [0.29, 0.717) is 6.42 Å². The molecule has 0 radical (unpaired) electrons. The average molecular weight is 356 g/mol. The lowest BCUT2D eigenvalue weighted by molar-refractivity contribution is -0.142. The molecular formula is C18H14BrNO2. The second-order valence-corrected chi connectivity index (χ2v) is 6.45. The van der Waals surface area contributed by atoms with Gasteiger partial charge in [-0.25, -0.2) is 0 Å². The number of H-pyrrole nitrogens is 1. The molecule has 0 fully saturated rings. The van der Waals surface area contributed by atoms with E-state index in [2.05, 4.69) is 39.1 Å². The molecule has 4 rings (SSSR count). The Labute approximate surface area is 136 Å². The number of rotatable bonds is 1. The normalized spacial score (nSPS) is 16.2. The Kier molecular flexibility index (Phi) is 3.08. The summed E-state index contributed by atoms with van der Waals surface area (Å²) in [5.74, 6) is -0.431. The lowest BCUT2D eigenvalue weighted by Gasteiger charge is -2.24. The second-order valence-electron chi connectivity index (χ2n) is 5.54. The van der Waals surface area contributed by atoms with Crippen LogP contribution in [0.3, 0.4) is 0 Å². The topological polar surface area (TPSA) is 42.1 Å². The van der Waals surface area contributed by atoms with E-state index >= 15 is 0 Å². The van der Waals surface area contributed by atoms with Crippen LogP contribution in [0.15, 0.2) is 46.9 Å². The van der Waals surface area contributed by atoms with Crippen molar-refractivity contribution in [3.8, 4) is 11.3 Å². The Balaban J connectivity index is 2.03. The van der Waals surface area contributed by atoms with Crippen LogP contribution in [0, 0.1) is 0 Å². The zero-order chi connectivity index (χ0) is 15.3. The summed E-state index contributed by atoms with van der Waals surface area (Å²) in [7, 11) is 1.45. The van der Waals surface area contributed by atoms with Crippen LogP contribution in [0.25, 0.3) is 22.2 Å². The number of methoxy groups -OCH3 is 1. The number of hydrogen-bond donors (Lipinski definition) is 1. The average Bonchev–Trinajstić information content (AvgIpc) is 2.92. The molecule has 4 heteroatoms. The molecule has 0 spiro atoms. The molecule has 0 bridgehead atoms. The zero-order valence-corrected chi connectivity index (χ0v) is 13.6. The van der Waals surface area contributed by atoms with Crippen LogP contribution >= 0.6 is 15.9 Å². The highest BCUT2D eigenvalue weighted by atomic mass is 79.9. The van der Waals surface area contributed by atoms with Crippen LogP contribution in [0.5, 0.6) is 0 Å². The second kappa shape index (κ2) is 4.99. The highest BCUT2D eigenvalue weighted by Gasteiger charge is 2.32. The van der Waals surface area contributed by atoms with Crippen molar-refractivity contribution in [2.45, 2.75) is 12.3 Å². The number of ether oxygens (including phenoxy) is 1. The zero-order valence-electron chi connectivity index (χ0n) is 12.0. The Morgan fingerprint density at radius 1 is 1.27 bits per heavy atom. The first-order chi connectivity index (χ1) is 10.7. The molecule has 1 aliphatic rings. The molecule has 110 valence electrons. The van der Waals surface area contributed by atoms with Crippen molar-refractivity contribution >= 4 is 32.8 Å². The minimum absolute atomic E-state index is 0.181. The number of carbonyl (C=O) groups excluding carboxylic acids is 1. The smallest absolute Gasteiger partial charge is 0.313 e. The number of halogens is 1. The lowest BCUT2D eigenvalue weighted by Crippen LogP contribution is -2.20. The van der Waals surface area contributed by atoms with Gasteiger partial charge in [0.2, 0.25) is 0 Å². The lowest BCUT2D eigenvalue weighted by atomic mass is 9.81. The third-order valence-corrected chi connectivity index (χ3v) is 4.86. The van der Waals surface area contributed by atoms with E-state index in [9.17, 15) is 4.79 Å². The van der Waals surface area contributed by atoms with Gasteiger partial charge in [0.1, 0.15) is 0 Å². The maximum absolute atomic E-state index is 12.2. The number of carbonyl (C=O) groups is 1. The van der Waals surface area contributed by atoms with Crippen LogP contribution in [0.4, 0.5) is 0 Å². The number of aromatic amines is 1. The number of fused-ring (bicyclic) bond motifs is 5. The summed E-state index contributed by atoms with van der Waals surface area (Å²) < 4.78 is 6.02. The van der Waals surface area contributed by atoms with Crippen LogP contribution in [-0.2, 0) is 16.0 Å².